The molecule has 1 aliphatic rings. The van der Waals surface area contributed by atoms with Gasteiger partial charge in [0, 0.05) is 45.5 Å². The quantitative estimate of drug-likeness (QED) is 0.600. The maximum absolute atomic E-state index is 13.2. The smallest absolute Gasteiger partial charge is 0.259 e. The van der Waals surface area contributed by atoms with Crippen LogP contribution in [0.5, 0.6) is 5.75 Å². The summed E-state index contributed by atoms with van der Waals surface area (Å²) in [5.74, 6) is 0.417. The molecule has 2 heterocycles. The largest absolute Gasteiger partial charge is 0.497 e. The van der Waals surface area contributed by atoms with E-state index < -0.39 is 0 Å². The Hall–Kier alpha value is -3.38. The lowest BCUT2D eigenvalue weighted by molar-refractivity contribution is 0.0648. The molecule has 3 aromatic rings. The Balaban J connectivity index is 1.46. The molecule has 0 atom stereocenters. The highest BCUT2D eigenvalue weighted by Crippen LogP contribution is 2.20. The van der Waals surface area contributed by atoms with Gasteiger partial charge >= 0.3 is 0 Å². The number of pyridine rings is 1. The van der Waals surface area contributed by atoms with Crippen molar-refractivity contribution in [3.63, 3.8) is 0 Å². The number of aryl methyl sites for hydroxylation is 1. The minimum atomic E-state index is -0.234. The summed E-state index contributed by atoms with van der Waals surface area (Å²) in [6.07, 6.45) is 5.98. The highest BCUT2D eigenvalue weighted by atomic mass is 16.5. The third-order valence-electron chi connectivity index (χ3n) is 5.99. The summed E-state index contributed by atoms with van der Waals surface area (Å²) in [4.78, 5) is 30.5. The molecule has 32 heavy (non-hydrogen) atoms. The fraction of sp³-hybridized carbons (Fsp3) is 0.308. The standard InChI is InChI=1S/C26H29N3O3/c1-3-28-19-23(25(30)22-18-21(32-2)11-12-24(22)28)26(31)29-16-14-27(15-17-29)13-7-10-20-8-5-4-6-9-20/h4-12,18-19H,3,13-17H2,1-2H3/b10-7+. The van der Waals surface area contributed by atoms with Crippen LogP contribution in [0.2, 0.25) is 0 Å². The van der Waals surface area contributed by atoms with Crippen LogP contribution < -0.4 is 10.2 Å². The molecule has 0 radical (unpaired) electrons. The fourth-order valence-corrected chi connectivity index (χ4v) is 4.12. The molecule has 0 unspecified atom stereocenters. The second kappa shape index (κ2) is 9.83. The maximum Gasteiger partial charge on any atom is 0.259 e. The second-order valence-electron chi connectivity index (χ2n) is 7.95. The molecule has 1 fully saturated rings. The van der Waals surface area contributed by atoms with Gasteiger partial charge < -0.3 is 14.2 Å². The van der Waals surface area contributed by atoms with Gasteiger partial charge in [-0.05, 0) is 30.7 Å². The number of nitrogens with zero attached hydrogens (tertiary/aromatic N) is 3. The van der Waals surface area contributed by atoms with Gasteiger partial charge in [0.05, 0.1) is 18.0 Å². The fourth-order valence-electron chi connectivity index (χ4n) is 4.12. The molecule has 6 nitrogen and oxygen atoms in total. The molecule has 1 saturated heterocycles. The number of hydrogen-bond donors (Lipinski definition) is 0. The van der Waals surface area contributed by atoms with E-state index in [9.17, 15) is 9.59 Å². The molecule has 0 saturated carbocycles. The molecule has 0 aliphatic carbocycles. The van der Waals surface area contributed by atoms with E-state index in [4.69, 9.17) is 4.74 Å². The molecule has 4 rings (SSSR count). The average molecular weight is 432 g/mol. The van der Waals surface area contributed by atoms with Crippen LogP contribution in [-0.2, 0) is 6.54 Å². The lowest BCUT2D eigenvalue weighted by Gasteiger charge is -2.34. The summed E-state index contributed by atoms with van der Waals surface area (Å²) >= 11 is 0. The molecule has 166 valence electrons. The first-order valence-corrected chi connectivity index (χ1v) is 11.0. The Morgan fingerprint density at radius 1 is 1.06 bits per heavy atom. The minimum Gasteiger partial charge on any atom is -0.497 e. The van der Waals surface area contributed by atoms with Crippen molar-refractivity contribution in [3.05, 3.63) is 82.2 Å². The van der Waals surface area contributed by atoms with Crippen LogP contribution in [0.1, 0.15) is 22.8 Å². The third-order valence-corrected chi connectivity index (χ3v) is 5.99. The molecule has 2 aromatic carbocycles. The Bertz CT molecular complexity index is 1180. The molecule has 0 spiro atoms. The van der Waals surface area contributed by atoms with Crippen LogP contribution in [0.3, 0.4) is 0 Å². The number of aromatic nitrogens is 1. The van der Waals surface area contributed by atoms with Crippen LogP contribution in [0.4, 0.5) is 0 Å². The number of hydrogen-bond acceptors (Lipinski definition) is 4. The van der Waals surface area contributed by atoms with E-state index in [0.29, 0.717) is 30.8 Å². The zero-order valence-electron chi connectivity index (χ0n) is 18.7. The Morgan fingerprint density at radius 3 is 2.50 bits per heavy atom. The highest BCUT2D eigenvalue weighted by Gasteiger charge is 2.24. The van der Waals surface area contributed by atoms with Crippen molar-refractivity contribution in [1.29, 1.82) is 0 Å². The molecule has 6 heteroatoms. The Kier molecular flexibility index (Phi) is 6.71. The first-order valence-electron chi connectivity index (χ1n) is 11.0. The monoisotopic (exact) mass is 431 g/mol. The Labute approximate surface area is 188 Å². The van der Waals surface area contributed by atoms with Crippen LogP contribution in [0.25, 0.3) is 17.0 Å². The zero-order valence-corrected chi connectivity index (χ0v) is 18.7. The summed E-state index contributed by atoms with van der Waals surface area (Å²) in [6.45, 7) is 6.31. The van der Waals surface area contributed by atoms with Crippen molar-refractivity contribution >= 4 is 22.9 Å². The zero-order chi connectivity index (χ0) is 22.5. The van der Waals surface area contributed by atoms with Gasteiger partial charge in [0.2, 0.25) is 5.43 Å². The van der Waals surface area contributed by atoms with E-state index in [-0.39, 0.29) is 16.9 Å². The molecule has 0 N–H and O–H groups in total. The lowest BCUT2D eigenvalue weighted by Crippen LogP contribution is -2.49. The predicted octanol–water partition coefficient (Wildman–Crippen LogP) is 3.50. The molecule has 1 aliphatic heterocycles. The van der Waals surface area contributed by atoms with Crippen molar-refractivity contribution in [3.8, 4) is 5.75 Å². The second-order valence-corrected chi connectivity index (χ2v) is 7.95. The van der Waals surface area contributed by atoms with Gasteiger partial charge in [0.15, 0.2) is 0 Å². The van der Waals surface area contributed by atoms with E-state index in [1.165, 1.54) is 5.56 Å². The van der Waals surface area contributed by atoms with Crippen LogP contribution in [-0.4, -0.2) is 60.1 Å². The average Bonchev–Trinajstić information content (AvgIpc) is 2.85. The summed E-state index contributed by atoms with van der Waals surface area (Å²) in [5, 5.41) is 0.515. The lowest BCUT2D eigenvalue weighted by atomic mass is 10.1. The summed E-state index contributed by atoms with van der Waals surface area (Å²) in [6, 6.07) is 15.6. The first-order chi connectivity index (χ1) is 15.6. The van der Waals surface area contributed by atoms with Crippen molar-refractivity contribution in [2.45, 2.75) is 13.5 Å². The van der Waals surface area contributed by atoms with Gasteiger partial charge in [0.25, 0.3) is 5.91 Å². The molecule has 0 bridgehead atoms. The number of benzene rings is 2. The first kappa shape index (κ1) is 21.8. The highest BCUT2D eigenvalue weighted by molar-refractivity contribution is 5.97. The number of amides is 1. The minimum absolute atomic E-state index is 0.193. The number of fused-ring (bicyclic) bond motifs is 1. The van der Waals surface area contributed by atoms with Crippen molar-refractivity contribution in [2.75, 3.05) is 39.8 Å². The number of piperazine rings is 1. The van der Waals surface area contributed by atoms with Gasteiger partial charge in [0.1, 0.15) is 11.3 Å². The SMILES string of the molecule is CCn1cc(C(=O)N2CCN(C/C=C/c3ccccc3)CC2)c(=O)c2cc(OC)ccc21. The predicted molar refractivity (Wildman–Crippen MR) is 128 cm³/mol. The summed E-state index contributed by atoms with van der Waals surface area (Å²) < 4.78 is 7.24. The van der Waals surface area contributed by atoms with E-state index in [0.717, 1.165) is 25.2 Å². The van der Waals surface area contributed by atoms with E-state index in [1.807, 2.05) is 41.8 Å². The topological polar surface area (TPSA) is 54.8 Å². The van der Waals surface area contributed by atoms with Crippen molar-refractivity contribution < 1.29 is 9.53 Å². The van der Waals surface area contributed by atoms with Crippen LogP contribution >= 0.6 is 0 Å². The van der Waals surface area contributed by atoms with Gasteiger partial charge in [-0.25, -0.2) is 0 Å². The molecule has 1 aromatic heterocycles. The number of rotatable bonds is 6. The number of carbonyl (C=O) groups excluding carboxylic acids is 1. The van der Waals surface area contributed by atoms with Crippen LogP contribution in [0, 0.1) is 0 Å². The maximum atomic E-state index is 13.2. The van der Waals surface area contributed by atoms with E-state index in [1.54, 1.807) is 24.3 Å². The van der Waals surface area contributed by atoms with Crippen molar-refractivity contribution in [1.82, 2.24) is 14.4 Å². The molecular weight excluding hydrogens is 402 g/mol. The van der Waals surface area contributed by atoms with Gasteiger partial charge in [-0.15, -0.1) is 0 Å². The number of carbonyl (C=O) groups is 1. The van der Waals surface area contributed by atoms with Gasteiger partial charge in [-0.2, -0.15) is 0 Å². The van der Waals surface area contributed by atoms with E-state index in [2.05, 4.69) is 29.2 Å². The normalized spacial score (nSPS) is 14.9. The molecule has 1 amide bonds. The van der Waals surface area contributed by atoms with Gasteiger partial charge in [-0.3, -0.25) is 14.5 Å². The summed E-state index contributed by atoms with van der Waals surface area (Å²) in [7, 11) is 1.57. The molecular formula is C26H29N3O3. The Morgan fingerprint density at radius 2 is 1.81 bits per heavy atom. The van der Waals surface area contributed by atoms with E-state index >= 15 is 0 Å². The number of methoxy groups -OCH3 is 1. The third kappa shape index (κ3) is 4.60. The van der Waals surface area contributed by atoms with Crippen molar-refractivity contribution in [2.24, 2.45) is 0 Å². The van der Waals surface area contributed by atoms with Gasteiger partial charge in [-0.1, -0.05) is 42.5 Å². The number of ether oxygens (including phenoxy) is 1. The summed E-state index contributed by atoms with van der Waals surface area (Å²) in [5.41, 5.74) is 1.98. The van der Waals surface area contributed by atoms with Crippen LogP contribution in [0.15, 0.2) is 65.6 Å².